The number of anilines is 1. The van der Waals surface area contributed by atoms with Crippen LogP contribution in [0.2, 0.25) is 10.0 Å². The van der Waals surface area contributed by atoms with Gasteiger partial charge in [-0.15, -0.1) is 11.3 Å². The quantitative estimate of drug-likeness (QED) is 0.483. The lowest BCUT2D eigenvalue weighted by atomic mass is 10.1. The smallest absolute Gasteiger partial charge is 0.101 e. The normalized spacial score (nSPS) is 14.0. The van der Waals surface area contributed by atoms with Crippen LogP contribution in [0.25, 0.3) is 11.3 Å². The van der Waals surface area contributed by atoms with Crippen molar-refractivity contribution < 1.29 is 0 Å². The van der Waals surface area contributed by atoms with Crippen molar-refractivity contribution in [2.24, 2.45) is 4.99 Å². The lowest BCUT2D eigenvalue weighted by Gasteiger charge is -2.16. The van der Waals surface area contributed by atoms with Crippen LogP contribution in [0.1, 0.15) is 35.4 Å². The fourth-order valence-electron chi connectivity index (χ4n) is 3.19. The van der Waals surface area contributed by atoms with Crippen LogP contribution in [-0.2, 0) is 6.42 Å². The van der Waals surface area contributed by atoms with E-state index in [4.69, 9.17) is 28.2 Å². The van der Waals surface area contributed by atoms with Gasteiger partial charge in [0.1, 0.15) is 5.84 Å². The maximum atomic E-state index is 6.55. The molecule has 0 amide bonds. The number of halogens is 2. The van der Waals surface area contributed by atoms with E-state index in [0.717, 1.165) is 59.2 Å². The van der Waals surface area contributed by atoms with E-state index in [-0.39, 0.29) is 0 Å². The molecular formula is C22H21Cl2N3S. The SMILES string of the molecule is Cc1ccc(-c2csc(Cc3cc(Cl)c(NC4=NCCCC4)cc3Cl)n2)cc1. The van der Waals surface area contributed by atoms with Gasteiger partial charge in [-0.1, -0.05) is 53.0 Å². The predicted octanol–water partition coefficient (Wildman–Crippen LogP) is 7.01. The zero-order valence-corrected chi connectivity index (χ0v) is 18.0. The Morgan fingerprint density at radius 3 is 2.64 bits per heavy atom. The molecule has 0 aliphatic carbocycles. The predicted molar refractivity (Wildman–Crippen MR) is 121 cm³/mol. The van der Waals surface area contributed by atoms with Gasteiger partial charge in [0.2, 0.25) is 0 Å². The summed E-state index contributed by atoms with van der Waals surface area (Å²) in [5.41, 5.74) is 5.16. The highest BCUT2D eigenvalue weighted by molar-refractivity contribution is 7.10. The number of amidine groups is 1. The van der Waals surface area contributed by atoms with E-state index < -0.39 is 0 Å². The van der Waals surface area contributed by atoms with E-state index in [1.54, 1.807) is 11.3 Å². The number of aromatic nitrogens is 1. The van der Waals surface area contributed by atoms with Gasteiger partial charge in [-0.05, 0) is 37.5 Å². The van der Waals surface area contributed by atoms with Crippen molar-refractivity contribution in [3.05, 3.63) is 68.0 Å². The standard InChI is InChI=1S/C22H21Cl2N3S/c1-14-5-7-15(8-6-14)20-13-28-22(27-20)11-16-10-18(24)19(12-17(16)23)26-21-4-2-3-9-25-21/h5-8,10,12-13H,2-4,9,11H2,1H3,(H,25,26). The Balaban J connectivity index is 1.51. The first-order chi connectivity index (χ1) is 13.6. The fourth-order valence-corrected chi connectivity index (χ4v) is 4.48. The number of thiazole rings is 1. The summed E-state index contributed by atoms with van der Waals surface area (Å²) in [6, 6.07) is 12.2. The molecule has 0 fully saturated rings. The van der Waals surface area contributed by atoms with Crippen LogP contribution in [0, 0.1) is 6.92 Å². The number of hydrogen-bond acceptors (Lipinski definition) is 4. The van der Waals surface area contributed by atoms with Crippen LogP contribution < -0.4 is 5.32 Å². The summed E-state index contributed by atoms with van der Waals surface area (Å²) in [5.74, 6) is 0.986. The molecule has 2 heterocycles. The third-order valence-corrected chi connectivity index (χ3v) is 6.29. The molecule has 0 unspecified atom stereocenters. The number of hydrogen-bond donors (Lipinski definition) is 1. The zero-order valence-electron chi connectivity index (χ0n) is 15.6. The molecular weight excluding hydrogens is 409 g/mol. The van der Waals surface area contributed by atoms with Gasteiger partial charge in [0.05, 0.1) is 21.4 Å². The first-order valence-electron chi connectivity index (χ1n) is 9.38. The van der Waals surface area contributed by atoms with Gasteiger partial charge in [0.25, 0.3) is 0 Å². The summed E-state index contributed by atoms with van der Waals surface area (Å²) in [7, 11) is 0. The van der Waals surface area contributed by atoms with Gasteiger partial charge < -0.3 is 5.32 Å². The molecule has 6 heteroatoms. The van der Waals surface area contributed by atoms with E-state index in [9.17, 15) is 0 Å². The molecule has 4 rings (SSSR count). The highest BCUT2D eigenvalue weighted by atomic mass is 35.5. The summed E-state index contributed by atoms with van der Waals surface area (Å²) in [5, 5.41) is 7.79. The average molecular weight is 430 g/mol. The Morgan fingerprint density at radius 2 is 1.89 bits per heavy atom. The van der Waals surface area contributed by atoms with Crippen LogP contribution in [0.5, 0.6) is 0 Å². The van der Waals surface area contributed by atoms with Gasteiger partial charge in [0.15, 0.2) is 0 Å². The second-order valence-electron chi connectivity index (χ2n) is 7.00. The molecule has 0 saturated heterocycles. The molecule has 0 spiro atoms. The zero-order chi connectivity index (χ0) is 19.5. The lowest BCUT2D eigenvalue weighted by Crippen LogP contribution is -2.16. The Hall–Kier alpha value is -1.88. The molecule has 144 valence electrons. The van der Waals surface area contributed by atoms with Gasteiger partial charge in [-0.2, -0.15) is 0 Å². The van der Waals surface area contributed by atoms with Gasteiger partial charge in [-0.25, -0.2) is 4.98 Å². The number of nitrogens with zero attached hydrogens (tertiary/aromatic N) is 2. The molecule has 1 N–H and O–H groups in total. The van der Waals surface area contributed by atoms with E-state index >= 15 is 0 Å². The third kappa shape index (κ3) is 4.57. The van der Waals surface area contributed by atoms with Crippen LogP contribution in [0.15, 0.2) is 46.8 Å². The Morgan fingerprint density at radius 1 is 1.07 bits per heavy atom. The summed E-state index contributed by atoms with van der Waals surface area (Å²) < 4.78 is 0. The van der Waals surface area contributed by atoms with Crippen LogP contribution >= 0.6 is 34.5 Å². The van der Waals surface area contributed by atoms with Gasteiger partial charge in [0, 0.05) is 35.4 Å². The second kappa shape index (κ2) is 8.64. The number of aryl methyl sites for hydroxylation is 1. The van der Waals surface area contributed by atoms with Gasteiger partial charge in [-0.3, -0.25) is 4.99 Å². The van der Waals surface area contributed by atoms with Crippen LogP contribution in [0.3, 0.4) is 0 Å². The summed E-state index contributed by atoms with van der Waals surface area (Å²) in [6.07, 6.45) is 3.92. The average Bonchev–Trinajstić information content (AvgIpc) is 3.16. The van der Waals surface area contributed by atoms with Crippen molar-refractivity contribution in [2.75, 3.05) is 11.9 Å². The number of benzene rings is 2. The van der Waals surface area contributed by atoms with E-state index in [0.29, 0.717) is 16.5 Å². The highest BCUT2D eigenvalue weighted by Gasteiger charge is 2.13. The Kier molecular flexibility index (Phi) is 6.00. The Bertz CT molecular complexity index is 1010. The molecule has 0 radical (unpaired) electrons. The maximum absolute atomic E-state index is 6.55. The van der Waals surface area contributed by atoms with Crippen LogP contribution in [-0.4, -0.2) is 17.4 Å². The second-order valence-corrected chi connectivity index (χ2v) is 8.76. The van der Waals surface area contributed by atoms with Crippen molar-refractivity contribution in [1.82, 2.24) is 4.98 Å². The van der Waals surface area contributed by atoms with Crippen molar-refractivity contribution in [2.45, 2.75) is 32.6 Å². The molecule has 0 atom stereocenters. The highest BCUT2D eigenvalue weighted by Crippen LogP contribution is 2.32. The van der Waals surface area contributed by atoms with Crippen molar-refractivity contribution in [3.63, 3.8) is 0 Å². The molecule has 3 nitrogen and oxygen atoms in total. The number of nitrogens with one attached hydrogen (secondary N) is 1. The molecule has 0 saturated carbocycles. The third-order valence-electron chi connectivity index (χ3n) is 4.78. The molecule has 0 bridgehead atoms. The molecule has 2 aromatic carbocycles. The monoisotopic (exact) mass is 429 g/mol. The van der Waals surface area contributed by atoms with Crippen molar-refractivity contribution >= 4 is 46.1 Å². The topological polar surface area (TPSA) is 37.3 Å². The Labute approximate surface area is 179 Å². The lowest BCUT2D eigenvalue weighted by molar-refractivity contribution is 0.737. The van der Waals surface area contributed by atoms with E-state index in [1.165, 1.54) is 5.56 Å². The molecule has 1 aliphatic rings. The van der Waals surface area contributed by atoms with E-state index in [2.05, 4.69) is 46.9 Å². The van der Waals surface area contributed by atoms with Crippen molar-refractivity contribution in [1.29, 1.82) is 0 Å². The summed E-state index contributed by atoms with van der Waals surface area (Å²) in [4.78, 5) is 9.29. The minimum absolute atomic E-state index is 0.656. The number of rotatable bonds is 4. The summed E-state index contributed by atoms with van der Waals surface area (Å²) in [6.45, 7) is 2.96. The van der Waals surface area contributed by atoms with Crippen LogP contribution in [0.4, 0.5) is 5.69 Å². The maximum Gasteiger partial charge on any atom is 0.101 e. The minimum atomic E-state index is 0.656. The fraction of sp³-hybridized carbons (Fsp3) is 0.273. The largest absolute Gasteiger partial charge is 0.343 e. The minimum Gasteiger partial charge on any atom is -0.343 e. The number of aliphatic imine (C=N–C) groups is 1. The molecule has 1 aromatic heterocycles. The molecule has 28 heavy (non-hydrogen) atoms. The first-order valence-corrected chi connectivity index (χ1v) is 11.0. The first kappa shape index (κ1) is 19.4. The van der Waals surface area contributed by atoms with Gasteiger partial charge >= 0.3 is 0 Å². The molecule has 1 aliphatic heterocycles. The van der Waals surface area contributed by atoms with E-state index in [1.807, 2.05) is 12.1 Å². The molecule has 3 aromatic rings. The van der Waals surface area contributed by atoms with Crippen molar-refractivity contribution in [3.8, 4) is 11.3 Å². The summed E-state index contributed by atoms with van der Waals surface area (Å²) >= 11 is 14.7.